The molecule has 0 aromatic heterocycles. The number of hydrogen-bond acceptors (Lipinski definition) is 2. The van der Waals surface area contributed by atoms with Crippen LogP contribution in [0.4, 0.5) is 5.69 Å². The number of carbonyl (C=O) groups is 1. The number of carbonyl (C=O) groups excluding carboxylic acids is 1. The second-order valence-corrected chi connectivity index (χ2v) is 5.92. The van der Waals surface area contributed by atoms with Crippen molar-refractivity contribution < 1.29 is 4.79 Å². The average molecular weight is 268 g/mol. The Bertz CT molecular complexity index is 391. The summed E-state index contributed by atoms with van der Waals surface area (Å²) < 4.78 is 0. The molecule has 0 unspecified atom stereocenters. The fourth-order valence-corrected chi connectivity index (χ4v) is 2.19. The standard InChI is InChI=1S/C15H22ClNO/c1-11(2)8-17(9-12(3)4)14-6-5-13(10-18)15(16)7-14/h5-7,10-12H,8-9H2,1-4H3. The van der Waals surface area contributed by atoms with Gasteiger partial charge in [0.05, 0.1) is 5.02 Å². The van der Waals surface area contributed by atoms with E-state index in [1.807, 2.05) is 12.1 Å². The number of nitrogens with zero attached hydrogens (tertiary/aromatic N) is 1. The molecule has 0 N–H and O–H groups in total. The van der Waals surface area contributed by atoms with Gasteiger partial charge in [-0.3, -0.25) is 4.79 Å². The second-order valence-electron chi connectivity index (χ2n) is 5.52. The molecule has 2 nitrogen and oxygen atoms in total. The fourth-order valence-electron chi connectivity index (χ4n) is 1.98. The summed E-state index contributed by atoms with van der Waals surface area (Å²) in [5.41, 5.74) is 1.64. The molecule has 1 aromatic rings. The third-order valence-corrected chi connectivity index (χ3v) is 2.97. The highest BCUT2D eigenvalue weighted by atomic mass is 35.5. The molecule has 0 fully saturated rings. The molecule has 0 aliphatic carbocycles. The number of aldehydes is 1. The van der Waals surface area contributed by atoms with Crippen molar-refractivity contribution in [2.75, 3.05) is 18.0 Å². The minimum Gasteiger partial charge on any atom is -0.371 e. The fraction of sp³-hybridized carbons (Fsp3) is 0.533. The van der Waals surface area contributed by atoms with Crippen LogP contribution < -0.4 is 4.90 Å². The lowest BCUT2D eigenvalue weighted by molar-refractivity contribution is 0.112. The molecule has 0 spiro atoms. The van der Waals surface area contributed by atoms with Crippen LogP contribution in [0.2, 0.25) is 5.02 Å². The van der Waals surface area contributed by atoms with E-state index < -0.39 is 0 Å². The molecule has 0 amide bonds. The molecule has 0 aliphatic heterocycles. The molecule has 0 bridgehead atoms. The summed E-state index contributed by atoms with van der Waals surface area (Å²) in [5.74, 6) is 1.18. The largest absolute Gasteiger partial charge is 0.371 e. The predicted molar refractivity (Wildman–Crippen MR) is 78.7 cm³/mol. The second kappa shape index (κ2) is 6.79. The number of benzene rings is 1. The van der Waals surface area contributed by atoms with Crippen LogP contribution in [-0.4, -0.2) is 19.4 Å². The van der Waals surface area contributed by atoms with Crippen molar-refractivity contribution in [3.8, 4) is 0 Å². The summed E-state index contributed by atoms with van der Waals surface area (Å²) in [6, 6.07) is 5.65. The lowest BCUT2D eigenvalue weighted by Gasteiger charge is -2.28. The van der Waals surface area contributed by atoms with Crippen LogP contribution >= 0.6 is 11.6 Å². The zero-order valence-corrected chi connectivity index (χ0v) is 12.4. The van der Waals surface area contributed by atoms with Crippen molar-refractivity contribution in [2.45, 2.75) is 27.7 Å². The van der Waals surface area contributed by atoms with Gasteiger partial charge in [-0.2, -0.15) is 0 Å². The van der Waals surface area contributed by atoms with E-state index in [-0.39, 0.29) is 0 Å². The van der Waals surface area contributed by atoms with Crippen molar-refractivity contribution in [3.63, 3.8) is 0 Å². The highest BCUT2D eigenvalue weighted by molar-refractivity contribution is 6.33. The van der Waals surface area contributed by atoms with Gasteiger partial charge in [-0.15, -0.1) is 0 Å². The molecule has 0 saturated carbocycles. The van der Waals surface area contributed by atoms with Crippen LogP contribution in [0.3, 0.4) is 0 Å². The molecule has 3 heteroatoms. The van der Waals surface area contributed by atoms with Gasteiger partial charge in [0.25, 0.3) is 0 Å². The maximum atomic E-state index is 10.8. The Morgan fingerprint density at radius 2 is 1.72 bits per heavy atom. The van der Waals surface area contributed by atoms with Gasteiger partial charge in [-0.25, -0.2) is 0 Å². The molecule has 0 radical (unpaired) electrons. The molecule has 0 atom stereocenters. The summed E-state index contributed by atoms with van der Waals surface area (Å²) in [6.07, 6.45) is 0.793. The molecule has 0 aliphatic rings. The SMILES string of the molecule is CC(C)CN(CC(C)C)c1ccc(C=O)c(Cl)c1. The first kappa shape index (κ1) is 15.0. The Kier molecular flexibility index (Phi) is 5.67. The normalized spacial score (nSPS) is 11.1. The number of anilines is 1. The van der Waals surface area contributed by atoms with Crippen LogP contribution in [-0.2, 0) is 0 Å². The molecule has 1 aromatic carbocycles. The van der Waals surface area contributed by atoms with Crippen molar-refractivity contribution in [2.24, 2.45) is 11.8 Å². The molecular weight excluding hydrogens is 246 g/mol. The number of halogens is 1. The van der Waals surface area contributed by atoms with Crippen LogP contribution in [0, 0.1) is 11.8 Å². The van der Waals surface area contributed by atoms with Gasteiger partial charge < -0.3 is 4.90 Å². The number of rotatable bonds is 6. The van der Waals surface area contributed by atoms with Crippen molar-refractivity contribution >= 4 is 23.6 Å². The van der Waals surface area contributed by atoms with Crippen molar-refractivity contribution in [1.29, 1.82) is 0 Å². The first-order valence-electron chi connectivity index (χ1n) is 6.43. The molecule has 100 valence electrons. The molecule has 1 rings (SSSR count). The monoisotopic (exact) mass is 267 g/mol. The van der Waals surface area contributed by atoms with E-state index >= 15 is 0 Å². The minimum atomic E-state index is 0.528. The Morgan fingerprint density at radius 3 is 2.11 bits per heavy atom. The maximum Gasteiger partial charge on any atom is 0.151 e. The summed E-state index contributed by atoms with van der Waals surface area (Å²) >= 11 is 6.09. The summed E-state index contributed by atoms with van der Waals surface area (Å²) in [6.45, 7) is 10.8. The first-order chi connectivity index (χ1) is 8.43. The highest BCUT2D eigenvalue weighted by Crippen LogP contribution is 2.24. The Morgan fingerprint density at radius 1 is 1.17 bits per heavy atom. The van der Waals surface area contributed by atoms with Gasteiger partial charge in [0.1, 0.15) is 0 Å². The summed E-state index contributed by atoms with van der Waals surface area (Å²) in [4.78, 5) is 13.1. The first-order valence-corrected chi connectivity index (χ1v) is 6.81. The third kappa shape index (κ3) is 4.34. The lowest BCUT2D eigenvalue weighted by Crippen LogP contribution is -2.31. The number of hydrogen-bond donors (Lipinski definition) is 0. The molecule has 18 heavy (non-hydrogen) atoms. The van der Waals surface area contributed by atoms with Crippen LogP contribution in [0.25, 0.3) is 0 Å². The van der Waals surface area contributed by atoms with E-state index in [9.17, 15) is 4.79 Å². The molecule has 0 saturated heterocycles. The Hall–Kier alpha value is -1.02. The minimum absolute atomic E-state index is 0.528. The van der Waals surface area contributed by atoms with E-state index in [2.05, 4.69) is 32.6 Å². The zero-order chi connectivity index (χ0) is 13.7. The Balaban J connectivity index is 2.97. The summed E-state index contributed by atoms with van der Waals surface area (Å²) in [7, 11) is 0. The van der Waals surface area contributed by atoms with Crippen LogP contribution in [0.5, 0.6) is 0 Å². The smallest absolute Gasteiger partial charge is 0.151 e. The van der Waals surface area contributed by atoms with E-state index in [4.69, 9.17) is 11.6 Å². The zero-order valence-electron chi connectivity index (χ0n) is 11.6. The highest BCUT2D eigenvalue weighted by Gasteiger charge is 2.12. The lowest BCUT2D eigenvalue weighted by atomic mass is 10.1. The quantitative estimate of drug-likeness (QED) is 0.718. The van der Waals surface area contributed by atoms with Crippen molar-refractivity contribution in [1.82, 2.24) is 0 Å². The van der Waals surface area contributed by atoms with Gasteiger partial charge in [-0.1, -0.05) is 39.3 Å². The maximum absolute atomic E-state index is 10.8. The van der Waals surface area contributed by atoms with E-state index in [0.717, 1.165) is 25.1 Å². The van der Waals surface area contributed by atoms with Gasteiger partial charge >= 0.3 is 0 Å². The van der Waals surface area contributed by atoms with Crippen LogP contribution in [0.1, 0.15) is 38.1 Å². The summed E-state index contributed by atoms with van der Waals surface area (Å²) in [5, 5.41) is 0.528. The predicted octanol–water partition coefficient (Wildman–Crippen LogP) is 4.27. The van der Waals surface area contributed by atoms with E-state index in [0.29, 0.717) is 22.4 Å². The topological polar surface area (TPSA) is 20.3 Å². The van der Waals surface area contributed by atoms with Gasteiger partial charge in [0.15, 0.2) is 6.29 Å². The molecule has 0 heterocycles. The third-order valence-electron chi connectivity index (χ3n) is 2.65. The van der Waals surface area contributed by atoms with Gasteiger partial charge in [0.2, 0.25) is 0 Å². The Labute approximate surface area is 115 Å². The van der Waals surface area contributed by atoms with E-state index in [1.54, 1.807) is 6.07 Å². The van der Waals surface area contributed by atoms with Gasteiger partial charge in [-0.05, 0) is 30.0 Å². The van der Waals surface area contributed by atoms with Crippen molar-refractivity contribution in [3.05, 3.63) is 28.8 Å². The molecular formula is C15H22ClNO. The van der Waals surface area contributed by atoms with E-state index in [1.165, 1.54) is 0 Å². The van der Waals surface area contributed by atoms with Gasteiger partial charge in [0, 0.05) is 24.3 Å². The average Bonchev–Trinajstić information content (AvgIpc) is 2.26. The van der Waals surface area contributed by atoms with Crippen LogP contribution in [0.15, 0.2) is 18.2 Å².